The van der Waals surface area contributed by atoms with Crippen molar-refractivity contribution in [1.29, 1.82) is 0 Å². The minimum Gasteiger partial charge on any atom is -0.393 e. The molecule has 0 unspecified atom stereocenters. The minimum absolute atomic E-state index is 0.0868. The van der Waals surface area contributed by atoms with Crippen LogP contribution < -0.4 is 11.1 Å². The molecule has 102 valence electrons. The van der Waals surface area contributed by atoms with Crippen LogP contribution in [0, 0.1) is 15.9 Å². The first-order chi connectivity index (χ1) is 8.91. The van der Waals surface area contributed by atoms with E-state index in [1.807, 2.05) is 0 Å². The highest BCUT2D eigenvalue weighted by Crippen LogP contribution is 2.25. The molecule has 6 nitrogen and oxygen atoms in total. The number of benzene rings is 1. The van der Waals surface area contributed by atoms with Crippen molar-refractivity contribution in [3.05, 3.63) is 39.7 Å². The molecule has 19 heavy (non-hydrogen) atoms. The Bertz CT molecular complexity index is 529. The fourth-order valence-electron chi connectivity index (χ4n) is 1.42. The van der Waals surface area contributed by atoms with Gasteiger partial charge in [-0.05, 0) is 6.42 Å². The van der Waals surface area contributed by atoms with Gasteiger partial charge >= 0.3 is 0 Å². The predicted molar refractivity (Wildman–Crippen MR) is 69.8 cm³/mol. The average Bonchev–Trinajstić information content (AvgIpc) is 2.30. The first-order valence-corrected chi connectivity index (χ1v) is 5.56. The number of nitro groups is 1. The number of nitro benzene ring substituents is 1. The molecule has 0 atom stereocenters. The van der Waals surface area contributed by atoms with Gasteiger partial charge in [-0.1, -0.05) is 12.2 Å². The number of amides is 1. The molecule has 0 saturated heterocycles. The van der Waals surface area contributed by atoms with Crippen LogP contribution in [0.4, 0.5) is 15.8 Å². The average molecular weight is 267 g/mol. The number of anilines is 1. The molecule has 3 N–H and O–H groups in total. The van der Waals surface area contributed by atoms with Crippen molar-refractivity contribution in [2.75, 3.05) is 12.3 Å². The van der Waals surface area contributed by atoms with Crippen molar-refractivity contribution in [3.8, 4) is 0 Å². The van der Waals surface area contributed by atoms with Crippen LogP contribution in [0.1, 0.15) is 18.9 Å². The maximum atomic E-state index is 13.5. The van der Waals surface area contributed by atoms with Crippen LogP contribution in [0.3, 0.4) is 0 Å². The van der Waals surface area contributed by atoms with Crippen molar-refractivity contribution in [3.63, 3.8) is 0 Å². The van der Waals surface area contributed by atoms with Gasteiger partial charge in [0.15, 0.2) is 0 Å². The van der Waals surface area contributed by atoms with Gasteiger partial charge in [0.2, 0.25) is 5.91 Å². The van der Waals surface area contributed by atoms with Gasteiger partial charge in [-0.2, -0.15) is 0 Å². The number of hydrogen-bond donors (Lipinski definition) is 2. The van der Waals surface area contributed by atoms with Gasteiger partial charge < -0.3 is 11.1 Å². The Morgan fingerprint density at radius 3 is 2.84 bits per heavy atom. The molecule has 0 aliphatic rings. The quantitative estimate of drug-likeness (QED) is 0.368. The summed E-state index contributed by atoms with van der Waals surface area (Å²) < 4.78 is 13.5. The van der Waals surface area contributed by atoms with E-state index in [0.29, 0.717) is 13.0 Å². The van der Waals surface area contributed by atoms with Gasteiger partial charge in [0.25, 0.3) is 5.69 Å². The van der Waals surface area contributed by atoms with E-state index in [9.17, 15) is 19.3 Å². The summed E-state index contributed by atoms with van der Waals surface area (Å²) >= 11 is 0. The van der Waals surface area contributed by atoms with E-state index in [2.05, 4.69) is 5.32 Å². The number of rotatable bonds is 5. The number of carbonyl (C=O) groups is 1. The van der Waals surface area contributed by atoms with E-state index in [0.717, 1.165) is 12.1 Å². The highest BCUT2D eigenvalue weighted by Gasteiger charge is 2.14. The molecule has 1 rings (SSSR count). The lowest BCUT2D eigenvalue weighted by Crippen LogP contribution is -2.20. The number of nitrogens with one attached hydrogen (secondary N) is 1. The lowest BCUT2D eigenvalue weighted by atomic mass is 10.1. The summed E-state index contributed by atoms with van der Waals surface area (Å²) in [7, 11) is 0. The minimum atomic E-state index is -0.663. The first-order valence-electron chi connectivity index (χ1n) is 5.56. The Balaban J connectivity index is 2.77. The lowest BCUT2D eigenvalue weighted by Gasteiger charge is -2.01. The zero-order chi connectivity index (χ0) is 14.4. The van der Waals surface area contributed by atoms with Crippen molar-refractivity contribution in [2.45, 2.75) is 13.3 Å². The van der Waals surface area contributed by atoms with Gasteiger partial charge in [0.1, 0.15) is 11.5 Å². The lowest BCUT2D eigenvalue weighted by molar-refractivity contribution is -0.384. The monoisotopic (exact) mass is 267 g/mol. The second-order valence-corrected chi connectivity index (χ2v) is 3.86. The number of nitrogens with two attached hydrogens (primary N) is 1. The van der Waals surface area contributed by atoms with E-state index >= 15 is 0 Å². The van der Waals surface area contributed by atoms with Crippen molar-refractivity contribution < 1.29 is 14.1 Å². The SMILES string of the molecule is CC(=O)NCCC=Cc1cc([N+](=O)[O-])c(N)cc1F. The summed E-state index contributed by atoms with van der Waals surface area (Å²) in [6, 6.07) is 2.01. The second-order valence-electron chi connectivity index (χ2n) is 3.86. The molecular formula is C12H14FN3O3. The Morgan fingerprint density at radius 2 is 2.26 bits per heavy atom. The molecule has 0 radical (unpaired) electrons. The molecule has 1 aromatic carbocycles. The molecule has 0 bridgehead atoms. The largest absolute Gasteiger partial charge is 0.393 e. The van der Waals surface area contributed by atoms with Crippen LogP contribution in [0.15, 0.2) is 18.2 Å². The summed E-state index contributed by atoms with van der Waals surface area (Å²) in [6.07, 6.45) is 3.54. The number of halogens is 1. The molecule has 0 spiro atoms. The number of carbonyl (C=O) groups excluding carboxylic acids is 1. The standard InChI is InChI=1S/C12H14FN3O3/c1-8(17)15-5-3-2-4-9-6-12(16(18)19)11(14)7-10(9)13/h2,4,6-7H,3,5,14H2,1H3,(H,15,17). The van der Waals surface area contributed by atoms with Crippen LogP contribution in [-0.2, 0) is 4.79 Å². The second kappa shape index (κ2) is 6.48. The highest BCUT2D eigenvalue weighted by atomic mass is 19.1. The highest BCUT2D eigenvalue weighted by molar-refractivity contribution is 5.72. The number of nitrogen functional groups attached to an aromatic ring is 1. The topological polar surface area (TPSA) is 98.3 Å². The third-order valence-electron chi connectivity index (χ3n) is 2.33. The Morgan fingerprint density at radius 1 is 1.58 bits per heavy atom. The maximum absolute atomic E-state index is 13.5. The Kier molecular flexibility index (Phi) is 4.99. The molecule has 0 saturated carbocycles. The molecule has 1 aromatic rings. The van der Waals surface area contributed by atoms with Gasteiger partial charge in [-0.3, -0.25) is 14.9 Å². The zero-order valence-electron chi connectivity index (χ0n) is 10.4. The molecule has 0 aromatic heterocycles. The Hall–Kier alpha value is -2.44. The summed E-state index contributed by atoms with van der Waals surface area (Å²) in [6.45, 7) is 1.82. The van der Waals surface area contributed by atoms with Crippen LogP contribution >= 0.6 is 0 Å². The fraction of sp³-hybridized carbons (Fsp3) is 0.250. The van der Waals surface area contributed by atoms with Crippen LogP contribution in [0.25, 0.3) is 6.08 Å². The van der Waals surface area contributed by atoms with Crippen LogP contribution in [0.2, 0.25) is 0 Å². The van der Waals surface area contributed by atoms with Crippen LogP contribution in [-0.4, -0.2) is 17.4 Å². The first kappa shape index (κ1) is 14.6. The smallest absolute Gasteiger partial charge is 0.292 e. The van der Waals surface area contributed by atoms with Crippen molar-refractivity contribution in [2.24, 2.45) is 0 Å². The molecule has 7 heteroatoms. The molecule has 1 amide bonds. The summed E-state index contributed by atoms with van der Waals surface area (Å²) in [4.78, 5) is 20.6. The summed E-state index contributed by atoms with van der Waals surface area (Å²) in [5.41, 5.74) is 4.89. The molecule has 0 heterocycles. The van der Waals surface area contributed by atoms with Crippen LogP contribution in [0.5, 0.6) is 0 Å². The fourth-order valence-corrected chi connectivity index (χ4v) is 1.42. The third kappa shape index (κ3) is 4.38. The van der Waals surface area contributed by atoms with Gasteiger partial charge in [0, 0.05) is 31.2 Å². The number of hydrogen-bond acceptors (Lipinski definition) is 4. The molecule has 0 fully saturated rings. The third-order valence-corrected chi connectivity index (χ3v) is 2.33. The van der Waals surface area contributed by atoms with Crippen molar-refractivity contribution >= 4 is 23.4 Å². The summed E-state index contributed by atoms with van der Waals surface area (Å²) in [5.74, 6) is -0.776. The van der Waals surface area contributed by atoms with E-state index in [-0.39, 0.29) is 22.8 Å². The van der Waals surface area contributed by atoms with E-state index < -0.39 is 10.7 Å². The zero-order valence-corrected chi connectivity index (χ0v) is 10.4. The normalized spacial score (nSPS) is 10.6. The van der Waals surface area contributed by atoms with E-state index in [1.165, 1.54) is 13.0 Å². The van der Waals surface area contributed by atoms with Gasteiger partial charge in [-0.25, -0.2) is 4.39 Å². The Labute approximate surface area is 109 Å². The molecule has 0 aliphatic heterocycles. The van der Waals surface area contributed by atoms with E-state index in [1.54, 1.807) is 6.08 Å². The maximum Gasteiger partial charge on any atom is 0.292 e. The summed E-state index contributed by atoms with van der Waals surface area (Å²) in [5, 5.41) is 13.2. The van der Waals surface area contributed by atoms with Crippen molar-refractivity contribution in [1.82, 2.24) is 5.32 Å². The molecular weight excluding hydrogens is 253 g/mol. The van der Waals surface area contributed by atoms with Gasteiger partial charge in [0.05, 0.1) is 4.92 Å². The van der Waals surface area contributed by atoms with E-state index in [4.69, 9.17) is 5.73 Å². The van der Waals surface area contributed by atoms with Gasteiger partial charge in [-0.15, -0.1) is 0 Å². The molecule has 0 aliphatic carbocycles. The number of nitrogens with zero attached hydrogens (tertiary/aromatic N) is 1. The predicted octanol–water partition coefficient (Wildman–Crippen LogP) is 1.86.